The van der Waals surface area contributed by atoms with Crippen LogP contribution in [0.1, 0.15) is 17.9 Å². The summed E-state index contributed by atoms with van der Waals surface area (Å²) >= 11 is 0. The Labute approximate surface area is 115 Å². The monoisotopic (exact) mass is 322 g/mol. The molecule has 1 aliphatic rings. The van der Waals surface area contributed by atoms with Crippen LogP contribution in [-0.4, -0.2) is 31.1 Å². The number of nitrogens with one attached hydrogen (secondary N) is 1. The summed E-state index contributed by atoms with van der Waals surface area (Å²) in [4.78, 5) is 37.0. The van der Waals surface area contributed by atoms with Gasteiger partial charge >= 0.3 is 15.2 Å². The Morgan fingerprint density at radius 3 is 2.30 bits per heavy atom. The molecule has 10 heteroatoms. The second-order valence-electron chi connectivity index (χ2n) is 4.84. The highest BCUT2D eigenvalue weighted by atomic mass is 31.2. The van der Waals surface area contributed by atoms with Gasteiger partial charge < -0.3 is 30.6 Å². The SMILES string of the molecule is NC(CC1CNc2ccccc21)(P(=O)(O)O)P(=O)(O)O. The van der Waals surface area contributed by atoms with Crippen molar-refractivity contribution in [3.8, 4) is 0 Å². The maximum absolute atomic E-state index is 11.5. The maximum Gasteiger partial charge on any atom is 0.357 e. The van der Waals surface area contributed by atoms with Crippen molar-refractivity contribution in [2.45, 2.75) is 17.4 Å². The number of hydrogen-bond donors (Lipinski definition) is 6. The number of anilines is 1. The Kier molecular flexibility index (Phi) is 3.86. The van der Waals surface area contributed by atoms with E-state index in [1.807, 2.05) is 0 Å². The molecule has 2 rings (SSSR count). The molecule has 0 saturated carbocycles. The average molecular weight is 322 g/mol. The van der Waals surface area contributed by atoms with E-state index < -0.39 is 32.6 Å². The summed E-state index contributed by atoms with van der Waals surface area (Å²) in [5, 5.41) is 0.143. The van der Waals surface area contributed by atoms with Gasteiger partial charge in [-0.1, -0.05) is 18.2 Å². The van der Waals surface area contributed by atoms with Crippen molar-refractivity contribution in [3.63, 3.8) is 0 Å². The Balaban J connectivity index is 2.37. The molecule has 1 heterocycles. The van der Waals surface area contributed by atoms with E-state index in [1.165, 1.54) is 0 Å². The van der Waals surface area contributed by atoms with Crippen molar-refractivity contribution in [2.75, 3.05) is 11.9 Å². The summed E-state index contributed by atoms with van der Waals surface area (Å²) in [5.41, 5.74) is 6.95. The molecule has 0 radical (unpaired) electrons. The Morgan fingerprint density at radius 1 is 1.20 bits per heavy atom. The minimum Gasteiger partial charge on any atom is -0.384 e. The number of nitrogens with two attached hydrogens (primary N) is 1. The second kappa shape index (κ2) is 4.93. The third-order valence-electron chi connectivity index (χ3n) is 3.50. The molecule has 0 amide bonds. The van der Waals surface area contributed by atoms with Gasteiger partial charge in [0.1, 0.15) is 0 Å². The molecule has 0 saturated heterocycles. The zero-order chi connectivity index (χ0) is 15.2. The molecule has 1 aromatic rings. The highest BCUT2D eigenvalue weighted by Gasteiger charge is 2.58. The van der Waals surface area contributed by atoms with Gasteiger partial charge in [0.15, 0.2) is 0 Å². The zero-order valence-corrected chi connectivity index (χ0v) is 12.2. The highest BCUT2D eigenvalue weighted by Crippen LogP contribution is 2.68. The number of fused-ring (bicyclic) bond motifs is 1. The molecule has 1 aromatic carbocycles. The van der Waals surface area contributed by atoms with E-state index in [4.69, 9.17) is 5.73 Å². The molecule has 0 aromatic heterocycles. The molecule has 0 aliphatic carbocycles. The van der Waals surface area contributed by atoms with Gasteiger partial charge in [0.05, 0.1) is 0 Å². The van der Waals surface area contributed by atoms with Crippen LogP contribution in [0.2, 0.25) is 0 Å². The van der Waals surface area contributed by atoms with Crippen molar-refractivity contribution >= 4 is 20.9 Å². The summed E-state index contributed by atoms with van der Waals surface area (Å²) in [6, 6.07) is 7.05. The lowest BCUT2D eigenvalue weighted by atomic mass is 9.98. The summed E-state index contributed by atoms with van der Waals surface area (Å²) < 4.78 is 22.9. The van der Waals surface area contributed by atoms with Gasteiger partial charge in [-0.3, -0.25) is 9.13 Å². The summed E-state index contributed by atoms with van der Waals surface area (Å²) in [5.74, 6) is -0.476. The molecule has 0 bridgehead atoms. The molecule has 0 spiro atoms. The van der Waals surface area contributed by atoms with E-state index in [-0.39, 0.29) is 0 Å². The first-order chi connectivity index (χ1) is 9.06. The quantitative estimate of drug-likeness (QED) is 0.439. The van der Waals surface area contributed by atoms with Crippen molar-refractivity contribution in [1.29, 1.82) is 0 Å². The van der Waals surface area contributed by atoms with Crippen molar-refractivity contribution in [1.82, 2.24) is 0 Å². The maximum atomic E-state index is 11.5. The fourth-order valence-electron chi connectivity index (χ4n) is 2.31. The van der Waals surface area contributed by atoms with Crippen LogP contribution in [0.4, 0.5) is 5.69 Å². The lowest BCUT2D eigenvalue weighted by Crippen LogP contribution is -2.41. The van der Waals surface area contributed by atoms with Crippen molar-refractivity contribution < 1.29 is 28.7 Å². The minimum atomic E-state index is -5.19. The van der Waals surface area contributed by atoms with Crippen LogP contribution >= 0.6 is 15.2 Å². The summed E-state index contributed by atoms with van der Waals surface area (Å²) in [6.45, 7) is 0.318. The van der Waals surface area contributed by atoms with Gasteiger partial charge in [-0.05, 0) is 18.1 Å². The largest absolute Gasteiger partial charge is 0.384 e. The van der Waals surface area contributed by atoms with Crippen LogP contribution in [0.5, 0.6) is 0 Å². The van der Waals surface area contributed by atoms with Gasteiger partial charge in [-0.15, -0.1) is 0 Å². The number of benzene rings is 1. The molecule has 8 nitrogen and oxygen atoms in total. The van der Waals surface area contributed by atoms with E-state index in [0.717, 1.165) is 11.3 Å². The fourth-order valence-corrected chi connectivity index (χ4v) is 4.58. The van der Waals surface area contributed by atoms with Crippen LogP contribution < -0.4 is 11.1 Å². The molecule has 1 aliphatic heterocycles. The second-order valence-corrected chi connectivity index (χ2v) is 8.96. The third-order valence-corrected chi connectivity index (χ3v) is 7.44. The van der Waals surface area contributed by atoms with Crippen LogP contribution in [-0.2, 0) is 9.13 Å². The van der Waals surface area contributed by atoms with Crippen LogP contribution in [0, 0.1) is 0 Å². The van der Waals surface area contributed by atoms with E-state index >= 15 is 0 Å². The number of para-hydroxylation sites is 1. The first kappa shape index (κ1) is 15.7. The first-order valence-electron chi connectivity index (χ1n) is 5.79. The Morgan fingerprint density at radius 2 is 1.75 bits per heavy atom. The zero-order valence-electron chi connectivity index (χ0n) is 10.4. The average Bonchev–Trinajstić information content (AvgIpc) is 2.70. The lowest BCUT2D eigenvalue weighted by Gasteiger charge is -2.32. The number of rotatable bonds is 4. The minimum absolute atomic E-state index is 0.318. The molecule has 20 heavy (non-hydrogen) atoms. The molecular formula is C10H16N2O6P2. The third kappa shape index (κ3) is 2.56. The predicted molar refractivity (Wildman–Crippen MR) is 73.3 cm³/mol. The molecule has 1 atom stereocenters. The summed E-state index contributed by atoms with van der Waals surface area (Å²) in [7, 11) is -10.4. The highest BCUT2D eigenvalue weighted by molar-refractivity contribution is 7.72. The molecule has 7 N–H and O–H groups in total. The van der Waals surface area contributed by atoms with Gasteiger partial charge in [0.2, 0.25) is 5.02 Å². The Hall–Kier alpha value is -0.720. The van der Waals surface area contributed by atoms with Crippen LogP contribution in [0.25, 0.3) is 0 Å². The van der Waals surface area contributed by atoms with Gasteiger partial charge in [0, 0.05) is 18.2 Å². The van der Waals surface area contributed by atoms with Crippen molar-refractivity contribution in [2.24, 2.45) is 5.73 Å². The van der Waals surface area contributed by atoms with Crippen LogP contribution in [0.3, 0.4) is 0 Å². The van der Waals surface area contributed by atoms with Gasteiger partial charge in [0.25, 0.3) is 0 Å². The number of hydrogen-bond acceptors (Lipinski definition) is 4. The lowest BCUT2D eigenvalue weighted by molar-refractivity contribution is 0.298. The van der Waals surface area contributed by atoms with Crippen LogP contribution in [0.15, 0.2) is 24.3 Å². The standard InChI is InChI=1S/C10H16N2O6P2/c11-10(19(13,14)15,20(16,17)18)5-7-6-12-9-4-2-1-3-8(7)9/h1-4,7,12H,5-6,11H2,(H2,13,14,15)(H2,16,17,18). The summed E-state index contributed by atoms with van der Waals surface area (Å²) in [6.07, 6.45) is -0.508. The van der Waals surface area contributed by atoms with E-state index in [1.54, 1.807) is 24.3 Å². The smallest absolute Gasteiger partial charge is 0.357 e. The van der Waals surface area contributed by atoms with E-state index in [0.29, 0.717) is 6.54 Å². The molecule has 0 fully saturated rings. The molecular weight excluding hydrogens is 306 g/mol. The topological polar surface area (TPSA) is 153 Å². The van der Waals surface area contributed by atoms with Gasteiger partial charge in [-0.2, -0.15) is 0 Å². The van der Waals surface area contributed by atoms with Gasteiger partial charge in [-0.25, -0.2) is 0 Å². The van der Waals surface area contributed by atoms with E-state index in [2.05, 4.69) is 5.32 Å². The van der Waals surface area contributed by atoms with Crippen molar-refractivity contribution in [3.05, 3.63) is 29.8 Å². The fraction of sp³-hybridized carbons (Fsp3) is 0.400. The van der Waals surface area contributed by atoms with E-state index in [9.17, 15) is 28.7 Å². The predicted octanol–water partition coefficient (Wildman–Crippen LogP) is 0.554. The first-order valence-corrected chi connectivity index (χ1v) is 9.02. The Bertz CT molecular complexity index is 588. The molecule has 1 unspecified atom stereocenters. The normalized spacial score (nSPS) is 19.6. The molecule has 112 valence electrons.